The van der Waals surface area contributed by atoms with Gasteiger partial charge in [-0.2, -0.15) is 4.31 Å². The molecule has 1 saturated heterocycles. The van der Waals surface area contributed by atoms with E-state index in [0.29, 0.717) is 32.1 Å². The molecule has 162 valence electrons. The number of allylic oxidation sites excluding steroid dienone is 3. The number of ether oxygens (including phenoxy) is 2. The Morgan fingerprint density at radius 1 is 0.839 bits per heavy atom. The maximum absolute atomic E-state index is 12.8. The van der Waals surface area contributed by atoms with Gasteiger partial charge in [-0.15, -0.1) is 0 Å². The highest BCUT2D eigenvalue weighted by Crippen LogP contribution is 2.29. The van der Waals surface area contributed by atoms with E-state index in [1.807, 2.05) is 6.07 Å². The molecule has 0 aromatic heterocycles. The van der Waals surface area contributed by atoms with Gasteiger partial charge in [0.05, 0.1) is 18.1 Å². The van der Waals surface area contributed by atoms with Crippen molar-refractivity contribution in [3.63, 3.8) is 0 Å². The molecule has 5 rings (SSSR count). The van der Waals surface area contributed by atoms with E-state index >= 15 is 0 Å². The lowest BCUT2D eigenvalue weighted by Crippen LogP contribution is -2.40. The fraction of sp³-hybridized carbons (Fsp3) is 0.333. The molecule has 1 fully saturated rings. The number of hydrogen-bond donors (Lipinski definition) is 0. The number of hydrogen-bond acceptors (Lipinski definition) is 5. The first kappa shape index (κ1) is 20.3. The molecule has 2 aromatic rings. The maximum Gasteiger partial charge on any atom is 0.243 e. The first-order valence-corrected chi connectivity index (χ1v) is 12.1. The largest absolute Gasteiger partial charge is 0.457 e. The van der Waals surface area contributed by atoms with Crippen LogP contribution in [-0.2, 0) is 27.6 Å². The zero-order chi connectivity index (χ0) is 21.3. The van der Waals surface area contributed by atoms with Crippen molar-refractivity contribution in [2.75, 3.05) is 39.4 Å². The van der Waals surface area contributed by atoms with E-state index < -0.39 is 10.0 Å². The Kier molecular flexibility index (Phi) is 5.56. The quantitative estimate of drug-likeness (QED) is 0.717. The van der Waals surface area contributed by atoms with Gasteiger partial charge in [0.25, 0.3) is 0 Å². The summed E-state index contributed by atoms with van der Waals surface area (Å²) in [6, 6.07) is 12.9. The summed E-state index contributed by atoms with van der Waals surface area (Å²) >= 11 is 0. The highest BCUT2D eigenvalue weighted by Gasteiger charge is 2.26. The minimum atomic E-state index is -3.49. The monoisotopic (exact) mass is 438 g/mol. The predicted molar refractivity (Wildman–Crippen MR) is 119 cm³/mol. The third-order valence-corrected chi connectivity index (χ3v) is 7.96. The first-order valence-electron chi connectivity index (χ1n) is 10.7. The summed E-state index contributed by atoms with van der Waals surface area (Å²) in [5.41, 5.74) is 4.00. The Labute approximate surface area is 183 Å². The highest BCUT2D eigenvalue weighted by molar-refractivity contribution is 7.89. The van der Waals surface area contributed by atoms with Gasteiger partial charge in [-0.1, -0.05) is 12.1 Å². The molecule has 0 radical (unpaired) electrons. The first-order chi connectivity index (χ1) is 15.1. The predicted octanol–water partition coefficient (Wildman–Crippen LogP) is 3.35. The van der Waals surface area contributed by atoms with E-state index in [0.717, 1.165) is 31.7 Å². The van der Waals surface area contributed by atoms with Crippen molar-refractivity contribution in [1.82, 2.24) is 9.21 Å². The van der Waals surface area contributed by atoms with Gasteiger partial charge in [0, 0.05) is 31.9 Å². The molecule has 2 aliphatic heterocycles. The number of morpholine rings is 1. The van der Waals surface area contributed by atoms with Crippen LogP contribution in [0, 0.1) is 0 Å². The van der Waals surface area contributed by atoms with Crippen molar-refractivity contribution >= 4 is 10.0 Å². The average Bonchev–Trinajstić information content (AvgIpc) is 2.96. The highest BCUT2D eigenvalue weighted by atomic mass is 32.2. The normalized spacial score (nSPS) is 19.2. The van der Waals surface area contributed by atoms with Crippen LogP contribution in [0.3, 0.4) is 0 Å². The molecule has 6 nitrogen and oxygen atoms in total. The molecule has 0 spiro atoms. The van der Waals surface area contributed by atoms with E-state index in [9.17, 15) is 8.42 Å². The summed E-state index contributed by atoms with van der Waals surface area (Å²) in [5, 5.41) is 0. The van der Waals surface area contributed by atoms with Crippen LogP contribution in [0.15, 0.2) is 71.3 Å². The van der Waals surface area contributed by atoms with Crippen LogP contribution in [-0.4, -0.2) is 57.0 Å². The van der Waals surface area contributed by atoms with Gasteiger partial charge in [0.15, 0.2) is 0 Å². The second-order valence-electron chi connectivity index (χ2n) is 7.96. The molecule has 0 amide bonds. The molecule has 1 aliphatic carbocycles. The van der Waals surface area contributed by atoms with E-state index in [1.165, 1.54) is 21.1 Å². The number of fused-ring (bicyclic) bond motifs is 1. The standard InChI is InChI=1S/C24H26N2O4S/c27-31(28,26-14-16-29-17-15-26)24-8-6-22(7-9-24)30-23-5-4-19-10-12-25(21-2-1-3-21)13-11-20(19)18-23/h1-9,18H,10-17H2. The number of nitrogens with zero attached hydrogens (tertiary/aromatic N) is 2. The van der Waals surface area contributed by atoms with E-state index in [1.54, 1.807) is 24.3 Å². The van der Waals surface area contributed by atoms with Gasteiger partial charge in [0.2, 0.25) is 10.0 Å². The Bertz CT molecular complexity index is 1120. The Morgan fingerprint density at radius 2 is 1.52 bits per heavy atom. The molecule has 0 atom stereocenters. The van der Waals surface area contributed by atoms with E-state index in [-0.39, 0.29) is 4.90 Å². The Morgan fingerprint density at radius 3 is 2.19 bits per heavy atom. The maximum atomic E-state index is 12.8. The molecule has 7 heteroatoms. The van der Waals surface area contributed by atoms with Gasteiger partial charge in [-0.25, -0.2) is 8.42 Å². The van der Waals surface area contributed by atoms with Crippen LogP contribution in [0.4, 0.5) is 0 Å². The minimum absolute atomic E-state index is 0.281. The summed E-state index contributed by atoms with van der Waals surface area (Å²) in [5.74, 6) is 1.40. The van der Waals surface area contributed by atoms with Gasteiger partial charge >= 0.3 is 0 Å². The molecule has 0 saturated carbocycles. The van der Waals surface area contributed by atoms with Crippen molar-refractivity contribution in [2.24, 2.45) is 0 Å². The van der Waals surface area contributed by atoms with Gasteiger partial charge in [-0.05, 0) is 72.5 Å². The topological polar surface area (TPSA) is 59.1 Å². The molecule has 0 unspecified atom stereocenters. The SMILES string of the molecule is O=S(=O)(c1ccc(Oc2ccc3c(c2)CCN(C2=CC=C2)CC3)cc1)N1CCOCC1. The second-order valence-corrected chi connectivity index (χ2v) is 9.90. The average molecular weight is 439 g/mol. The number of rotatable bonds is 5. The van der Waals surface area contributed by atoms with Crippen molar-refractivity contribution in [2.45, 2.75) is 17.7 Å². The van der Waals surface area contributed by atoms with Crippen LogP contribution < -0.4 is 4.74 Å². The lowest BCUT2D eigenvalue weighted by molar-refractivity contribution is 0.0730. The van der Waals surface area contributed by atoms with Crippen LogP contribution in [0.5, 0.6) is 11.5 Å². The minimum Gasteiger partial charge on any atom is -0.457 e. The van der Waals surface area contributed by atoms with Crippen molar-refractivity contribution in [3.05, 3.63) is 77.5 Å². The number of benzene rings is 2. The summed E-state index contributed by atoms with van der Waals surface area (Å²) in [4.78, 5) is 2.71. The molecular formula is C24H26N2O4S. The molecule has 2 heterocycles. The smallest absolute Gasteiger partial charge is 0.243 e. The zero-order valence-corrected chi connectivity index (χ0v) is 18.2. The zero-order valence-electron chi connectivity index (χ0n) is 17.4. The van der Waals surface area contributed by atoms with Crippen molar-refractivity contribution < 1.29 is 17.9 Å². The summed E-state index contributed by atoms with van der Waals surface area (Å²) in [6.45, 7) is 3.68. The van der Waals surface area contributed by atoms with Crippen LogP contribution in [0.2, 0.25) is 0 Å². The lowest BCUT2D eigenvalue weighted by Gasteiger charge is -2.26. The van der Waals surface area contributed by atoms with E-state index in [2.05, 4.69) is 35.3 Å². The van der Waals surface area contributed by atoms with Crippen molar-refractivity contribution in [3.8, 4) is 11.5 Å². The molecule has 3 aliphatic rings. The van der Waals surface area contributed by atoms with E-state index in [4.69, 9.17) is 9.47 Å². The molecule has 2 aromatic carbocycles. The van der Waals surface area contributed by atoms with Crippen LogP contribution >= 0.6 is 0 Å². The summed E-state index contributed by atoms with van der Waals surface area (Å²) in [7, 11) is -3.49. The summed E-state index contributed by atoms with van der Waals surface area (Å²) < 4.78 is 38.3. The van der Waals surface area contributed by atoms with Crippen LogP contribution in [0.1, 0.15) is 11.1 Å². The fourth-order valence-corrected chi connectivity index (χ4v) is 5.58. The third-order valence-electron chi connectivity index (χ3n) is 6.05. The molecule has 31 heavy (non-hydrogen) atoms. The second kappa shape index (κ2) is 8.49. The Balaban J connectivity index is 1.27. The van der Waals surface area contributed by atoms with Gasteiger partial charge < -0.3 is 14.4 Å². The Hall–Kier alpha value is -2.61. The van der Waals surface area contributed by atoms with Gasteiger partial charge in [-0.3, -0.25) is 0 Å². The van der Waals surface area contributed by atoms with Gasteiger partial charge in [0.1, 0.15) is 11.5 Å². The summed E-state index contributed by atoms with van der Waals surface area (Å²) in [6.07, 6.45) is 8.40. The number of sulfonamides is 1. The fourth-order valence-electron chi connectivity index (χ4n) is 4.17. The van der Waals surface area contributed by atoms with Crippen LogP contribution in [0.25, 0.3) is 0 Å². The van der Waals surface area contributed by atoms with Crippen molar-refractivity contribution in [1.29, 1.82) is 0 Å². The molecule has 0 bridgehead atoms. The third kappa shape index (κ3) is 4.26. The molecular weight excluding hydrogens is 412 g/mol. The lowest BCUT2D eigenvalue weighted by atomic mass is 10.0. The molecule has 0 N–H and O–H groups in total.